The Bertz CT molecular complexity index is 373. The van der Waals surface area contributed by atoms with Gasteiger partial charge >= 0.3 is 0 Å². The van der Waals surface area contributed by atoms with E-state index in [-0.39, 0.29) is 0 Å². The second kappa shape index (κ2) is 6.71. The van der Waals surface area contributed by atoms with E-state index in [1.807, 2.05) is 0 Å². The molecule has 102 valence electrons. The third kappa shape index (κ3) is 3.28. The molecule has 1 aliphatic rings. The van der Waals surface area contributed by atoms with Gasteiger partial charge < -0.3 is 5.73 Å². The maximum absolute atomic E-state index is 6.13. The minimum absolute atomic E-state index is 0.310. The molecule has 0 bridgehead atoms. The molecule has 0 saturated heterocycles. The topological polar surface area (TPSA) is 29.3 Å². The van der Waals surface area contributed by atoms with Crippen molar-refractivity contribution in [3.8, 4) is 0 Å². The molecule has 0 spiro atoms. The predicted octanol–water partition coefficient (Wildman–Crippen LogP) is 4.29. The first-order valence-corrected chi connectivity index (χ1v) is 8.53. The van der Waals surface area contributed by atoms with Crippen LogP contribution in [0.1, 0.15) is 37.1 Å². The zero-order valence-corrected chi connectivity index (χ0v) is 13.8. The maximum atomic E-state index is 6.13. The van der Waals surface area contributed by atoms with Crippen LogP contribution in [0, 0.1) is 5.92 Å². The van der Waals surface area contributed by atoms with Crippen molar-refractivity contribution in [2.24, 2.45) is 11.7 Å². The van der Waals surface area contributed by atoms with Crippen LogP contribution < -0.4 is 5.73 Å². The average molecular weight is 352 g/mol. The Morgan fingerprint density at radius 3 is 2.72 bits per heavy atom. The maximum Gasteiger partial charge on any atom is 0.107 e. The van der Waals surface area contributed by atoms with Crippen molar-refractivity contribution >= 4 is 38.9 Å². The number of hydrogen-bond donors (Lipinski definition) is 1. The van der Waals surface area contributed by atoms with Crippen LogP contribution in [0.4, 0.5) is 0 Å². The van der Waals surface area contributed by atoms with Gasteiger partial charge in [0.1, 0.15) is 4.34 Å². The van der Waals surface area contributed by atoms with E-state index in [0.29, 0.717) is 12.6 Å². The van der Waals surface area contributed by atoms with Crippen molar-refractivity contribution in [3.05, 3.63) is 19.8 Å². The summed E-state index contributed by atoms with van der Waals surface area (Å²) in [6.07, 6.45) is 4.15. The van der Waals surface area contributed by atoms with Crippen LogP contribution in [0.25, 0.3) is 0 Å². The first kappa shape index (κ1) is 14.8. The molecule has 1 aromatic rings. The minimum Gasteiger partial charge on any atom is -0.329 e. The highest BCUT2D eigenvalue weighted by Gasteiger charge is 2.26. The molecule has 1 fully saturated rings. The Labute approximate surface area is 127 Å². The zero-order chi connectivity index (χ0) is 13.1. The van der Waals surface area contributed by atoms with Gasteiger partial charge in [0.05, 0.1) is 6.04 Å². The Balaban J connectivity index is 2.08. The second-order valence-electron chi connectivity index (χ2n) is 4.91. The molecule has 18 heavy (non-hydrogen) atoms. The fourth-order valence-electron chi connectivity index (χ4n) is 2.46. The van der Waals surface area contributed by atoms with Crippen molar-refractivity contribution in [2.75, 3.05) is 19.6 Å². The molecule has 5 heteroatoms. The summed E-state index contributed by atoms with van der Waals surface area (Å²) >= 11 is 11.3. The van der Waals surface area contributed by atoms with E-state index in [1.165, 1.54) is 30.7 Å². The molecule has 0 radical (unpaired) electrons. The monoisotopic (exact) mass is 350 g/mol. The third-order valence-corrected chi connectivity index (χ3v) is 6.36. The molecule has 1 atom stereocenters. The van der Waals surface area contributed by atoms with Gasteiger partial charge in [0.25, 0.3) is 0 Å². The minimum atomic E-state index is 0.310. The fourth-order valence-corrected chi connectivity index (χ4v) is 4.34. The molecule has 1 aromatic heterocycles. The lowest BCUT2D eigenvalue weighted by Gasteiger charge is -2.36. The molecular formula is C13H20BrClN2S. The van der Waals surface area contributed by atoms with E-state index in [2.05, 4.69) is 33.8 Å². The lowest BCUT2D eigenvalue weighted by Crippen LogP contribution is -2.38. The largest absolute Gasteiger partial charge is 0.329 e. The Morgan fingerprint density at radius 2 is 2.33 bits per heavy atom. The first-order valence-electron chi connectivity index (χ1n) is 6.54. The summed E-state index contributed by atoms with van der Waals surface area (Å²) < 4.78 is 1.81. The van der Waals surface area contributed by atoms with Gasteiger partial charge in [-0.15, -0.1) is 11.3 Å². The van der Waals surface area contributed by atoms with Gasteiger partial charge in [0, 0.05) is 22.4 Å². The van der Waals surface area contributed by atoms with Gasteiger partial charge in [-0.05, 0) is 47.3 Å². The first-order chi connectivity index (χ1) is 8.65. The number of nitrogens with zero attached hydrogens (tertiary/aromatic N) is 1. The summed E-state index contributed by atoms with van der Waals surface area (Å²) in [6, 6.07) is 2.43. The quantitative estimate of drug-likeness (QED) is 0.828. The van der Waals surface area contributed by atoms with Gasteiger partial charge in [-0.2, -0.15) is 0 Å². The standard InChI is InChI=1S/C13H20BrClN2S/c1-2-17(8-9-4-3-5-9)11(7-16)12-6-10(14)13(15)18-12/h6,9,11H,2-5,7-8,16H2,1H3. The highest BCUT2D eigenvalue weighted by atomic mass is 79.9. The Kier molecular flexibility index (Phi) is 5.51. The number of rotatable bonds is 6. The Hall–Kier alpha value is 0.390. The lowest BCUT2D eigenvalue weighted by molar-refractivity contribution is 0.143. The molecular weight excluding hydrogens is 332 g/mol. The number of nitrogens with two attached hydrogens (primary N) is 1. The van der Waals surface area contributed by atoms with Gasteiger partial charge in [-0.25, -0.2) is 0 Å². The predicted molar refractivity (Wildman–Crippen MR) is 83.4 cm³/mol. The second-order valence-corrected chi connectivity index (χ2v) is 7.45. The fraction of sp³-hybridized carbons (Fsp3) is 0.692. The van der Waals surface area contributed by atoms with Crippen LogP contribution >= 0.6 is 38.9 Å². The molecule has 1 unspecified atom stereocenters. The van der Waals surface area contributed by atoms with E-state index >= 15 is 0 Å². The van der Waals surface area contributed by atoms with Crippen LogP contribution in [0.5, 0.6) is 0 Å². The molecule has 1 heterocycles. The normalized spacial score (nSPS) is 18.1. The molecule has 2 nitrogen and oxygen atoms in total. The van der Waals surface area contributed by atoms with Crippen molar-refractivity contribution in [2.45, 2.75) is 32.2 Å². The van der Waals surface area contributed by atoms with Crippen LogP contribution in [0.3, 0.4) is 0 Å². The van der Waals surface area contributed by atoms with Crippen LogP contribution in [0.2, 0.25) is 4.34 Å². The van der Waals surface area contributed by atoms with E-state index < -0.39 is 0 Å². The number of hydrogen-bond acceptors (Lipinski definition) is 3. The molecule has 1 aliphatic carbocycles. The Morgan fingerprint density at radius 1 is 1.61 bits per heavy atom. The number of likely N-dealkylation sites (N-methyl/N-ethyl adjacent to an activating group) is 1. The summed E-state index contributed by atoms with van der Waals surface area (Å²) in [5.41, 5.74) is 5.98. The van der Waals surface area contributed by atoms with Crippen molar-refractivity contribution in [1.82, 2.24) is 4.90 Å². The van der Waals surface area contributed by atoms with Crippen LogP contribution in [-0.2, 0) is 0 Å². The number of halogens is 2. The van der Waals surface area contributed by atoms with Gasteiger partial charge in [0.15, 0.2) is 0 Å². The molecule has 0 aliphatic heterocycles. The van der Waals surface area contributed by atoms with Gasteiger partial charge in [-0.3, -0.25) is 4.90 Å². The smallest absolute Gasteiger partial charge is 0.107 e. The van der Waals surface area contributed by atoms with Crippen molar-refractivity contribution < 1.29 is 0 Å². The summed E-state index contributed by atoms with van der Waals surface area (Å²) in [4.78, 5) is 3.77. The SMILES string of the molecule is CCN(CC1CCC1)C(CN)c1cc(Br)c(Cl)s1. The van der Waals surface area contributed by atoms with E-state index in [4.69, 9.17) is 17.3 Å². The summed E-state index contributed by atoms with van der Waals surface area (Å²) in [5.74, 6) is 0.873. The number of thiophene rings is 1. The molecule has 0 amide bonds. The third-order valence-electron chi connectivity index (χ3n) is 3.78. The molecule has 1 saturated carbocycles. The van der Waals surface area contributed by atoms with E-state index in [1.54, 1.807) is 11.3 Å². The average Bonchev–Trinajstić information content (AvgIpc) is 2.62. The molecule has 2 rings (SSSR count). The van der Waals surface area contributed by atoms with Gasteiger partial charge in [-0.1, -0.05) is 24.9 Å². The van der Waals surface area contributed by atoms with E-state index in [9.17, 15) is 0 Å². The van der Waals surface area contributed by atoms with E-state index in [0.717, 1.165) is 21.3 Å². The van der Waals surface area contributed by atoms with Crippen LogP contribution in [-0.4, -0.2) is 24.5 Å². The highest BCUT2D eigenvalue weighted by molar-refractivity contribution is 9.10. The molecule has 2 N–H and O–H groups in total. The highest BCUT2D eigenvalue weighted by Crippen LogP contribution is 2.38. The molecule has 0 aromatic carbocycles. The summed E-state index contributed by atoms with van der Waals surface area (Å²) in [7, 11) is 0. The van der Waals surface area contributed by atoms with Gasteiger partial charge in [0.2, 0.25) is 0 Å². The van der Waals surface area contributed by atoms with Crippen molar-refractivity contribution in [1.29, 1.82) is 0 Å². The van der Waals surface area contributed by atoms with Crippen LogP contribution in [0.15, 0.2) is 10.5 Å². The van der Waals surface area contributed by atoms with Crippen molar-refractivity contribution in [3.63, 3.8) is 0 Å². The zero-order valence-electron chi connectivity index (χ0n) is 10.7. The summed E-state index contributed by atoms with van der Waals surface area (Å²) in [6.45, 7) is 5.09. The summed E-state index contributed by atoms with van der Waals surface area (Å²) in [5, 5.41) is 0. The lowest BCUT2D eigenvalue weighted by atomic mass is 9.85.